The van der Waals surface area contributed by atoms with Crippen LogP contribution in [0.2, 0.25) is 0 Å². The van der Waals surface area contributed by atoms with Crippen LogP contribution in [0.3, 0.4) is 0 Å². The van der Waals surface area contributed by atoms with Gasteiger partial charge in [-0.3, -0.25) is 0 Å². The normalized spacial score (nSPS) is 11.9. The van der Waals surface area contributed by atoms with Crippen LogP contribution in [0.4, 0.5) is 0 Å². The number of benzene rings is 2. The van der Waals surface area contributed by atoms with E-state index in [0.29, 0.717) is 12.2 Å². The van der Waals surface area contributed by atoms with Crippen molar-refractivity contribution in [3.63, 3.8) is 0 Å². The van der Waals surface area contributed by atoms with Gasteiger partial charge in [-0.25, -0.2) is 17.5 Å². The van der Waals surface area contributed by atoms with Crippen LogP contribution in [0, 0.1) is 6.92 Å². The number of H-pyrrole nitrogens is 1. The van der Waals surface area contributed by atoms with Crippen molar-refractivity contribution in [2.75, 3.05) is 20.7 Å². The molecule has 27 heavy (non-hydrogen) atoms. The second-order valence-corrected chi connectivity index (χ2v) is 8.57. The Morgan fingerprint density at radius 1 is 1.15 bits per heavy atom. The minimum atomic E-state index is -3.54. The fourth-order valence-electron chi connectivity index (χ4n) is 3.06. The molecule has 6 nitrogen and oxygen atoms in total. The third kappa shape index (κ3) is 3.48. The lowest BCUT2D eigenvalue weighted by Crippen LogP contribution is -2.22. The molecule has 0 fully saturated rings. The zero-order valence-corrected chi connectivity index (χ0v) is 16.6. The molecule has 1 aromatic heterocycles. The second kappa shape index (κ2) is 7.17. The van der Waals surface area contributed by atoms with Gasteiger partial charge in [0.05, 0.1) is 17.1 Å². The van der Waals surface area contributed by atoms with Crippen molar-refractivity contribution >= 4 is 26.9 Å². The maximum Gasteiger partial charge on any atom is 0.338 e. The molecule has 0 spiro atoms. The quantitative estimate of drug-likeness (QED) is 0.680. The van der Waals surface area contributed by atoms with Crippen molar-refractivity contribution in [1.82, 2.24) is 9.29 Å². The largest absolute Gasteiger partial charge is 0.462 e. The number of hydrogen-bond acceptors (Lipinski definition) is 4. The van der Waals surface area contributed by atoms with Gasteiger partial charge in [-0.2, -0.15) is 0 Å². The van der Waals surface area contributed by atoms with Crippen molar-refractivity contribution in [3.05, 3.63) is 53.7 Å². The van der Waals surface area contributed by atoms with Gasteiger partial charge in [0.25, 0.3) is 0 Å². The molecular weight excluding hydrogens is 364 g/mol. The SMILES string of the molecule is CCOC(=O)c1ccc2[nH]c(C)c(-c3cccc(S(=O)(=O)N(C)C)c3)c2c1. The van der Waals surface area contributed by atoms with Gasteiger partial charge >= 0.3 is 5.97 Å². The van der Waals surface area contributed by atoms with E-state index in [9.17, 15) is 13.2 Å². The molecule has 0 atom stereocenters. The molecule has 3 rings (SSSR count). The summed E-state index contributed by atoms with van der Waals surface area (Å²) in [6, 6.07) is 12.1. The lowest BCUT2D eigenvalue weighted by molar-refractivity contribution is 0.0526. The number of fused-ring (bicyclic) bond motifs is 1. The van der Waals surface area contributed by atoms with Crippen LogP contribution in [0.5, 0.6) is 0 Å². The maximum absolute atomic E-state index is 12.5. The molecule has 0 radical (unpaired) electrons. The molecule has 0 bridgehead atoms. The van der Waals surface area contributed by atoms with E-state index in [0.717, 1.165) is 27.7 Å². The Kier molecular flexibility index (Phi) is 5.08. The number of esters is 1. The second-order valence-electron chi connectivity index (χ2n) is 6.42. The number of nitrogens with one attached hydrogen (secondary N) is 1. The molecule has 2 aromatic carbocycles. The summed E-state index contributed by atoms with van der Waals surface area (Å²) in [5, 5.41) is 0.845. The summed E-state index contributed by atoms with van der Waals surface area (Å²) in [7, 11) is -0.527. The van der Waals surface area contributed by atoms with Crippen LogP contribution in [0.25, 0.3) is 22.0 Å². The Hall–Kier alpha value is -2.64. The van der Waals surface area contributed by atoms with Gasteiger partial charge in [-0.15, -0.1) is 0 Å². The number of aromatic amines is 1. The molecule has 0 aliphatic carbocycles. The molecule has 3 aromatic rings. The smallest absolute Gasteiger partial charge is 0.338 e. The van der Waals surface area contributed by atoms with Crippen molar-refractivity contribution in [2.24, 2.45) is 0 Å². The summed E-state index contributed by atoms with van der Waals surface area (Å²) in [5.74, 6) is -0.381. The first-order valence-electron chi connectivity index (χ1n) is 8.58. The molecule has 0 saturated heterocycles. The van der Waals surface area contributed by atoms with Crippen molar-refractivity contribution < 1.29 is 17.9 Å². The van der Waals surface area contributed by atoms with E-state index in [1.165, 1.54) is 18.4 Å². The fourth-order valence-corrected chi connectivity index (χ4v) is 4.01. The number of nitrogens with zero attached hydrogens (tertiary/aromatic N) is 1. The first kappa shape index (κ1) is 19.1. The van der Waals surface area contributed by atoms with E-state index < -0.39 is 10.0 Å². The van der Waals surface area contributed by atoms with E-state index in [4.69, 9.17) is 4.74 Å². The predicted molar refractivity (Wildman–Crippen MR) is 105 cm³/mol. The van der Waals surface area contributed by atoms with Crippen LogP contribution >= 0.6 is 0 Å². The summed E-state index contributed by atoms with van der Waals surface area (Å²) in [6.07, 6.45) is 0. The number of aryl methyl sites for hydroxylation is 1. The average Bonchev–Trinajstić information content (AvgIpc) is 2.96. The van der Waals surface area contributed by atoms with E-state index in [1.54, 1.807) is 37.3 Å². The number of carbonyl (C=O) groups is 1. The van der Waals surface area contributed by atoms with Crippen molar-refractivity contribution in [2.45, 2.75) is 18.7 Å². The molecular formula is C20H22N2O4S. The van der Waals surface area contributed by atoms with Crippen LogP contribution in [0.15, 0.2) is 47.4 Å². The van der Waals surface area contributed by atoms with E-state index in [2.05, 4.69) is 4.98 Å². The number of aromatic nitrogens is 1. The summed E-state index contributed by atoms with van der Waals surface area (Å²) in [5.41, 5.74) is 3.86. The molecule has 0 amide bonds. The Morgan fingerprint density at radius 3 is 2.56 bits per heavy atom. The van der Waals surface area contributed by atoms with E-state index in [1.807, 2.05) is 19.1 Å². The number of ether oxygens (including phenoxy) is 1. The highest BCUT2D eigenvalue weighted by Gasteiger charge is 2.19. The Labute approximate surface area is 158 Å². The van der Waals surface area contributed by atoms with Gasteiger partial charge in [0.2, 0.25) is 10.0 Å². The summed E-state index contributed by atoms with van der Waals surface area (Å²) in [4.78, 5) is 15.6. The van der Waals surface area contributed by atoms with E-state index in [-0.39, 0.29) is 10.9 Å². The first-order valence-corrected chi connectivity index (χ1v) is 10.0. The van der Waals surface area contributed by atoms with Crippen LogP contribution in [-0.2, 0) is 14.8 Å². The number of rotatable bonds is 5. The Balaban J connectivity index is 2.18. The summed E-state index contributed by atoms with van der Waals surface area (Å²) >= 11 is 0. The van der Waals surface area contributed by atoms with Gasteiger partial charge in [-0.1, -0.05) is 12.1 Å². The molecule has 0 aliphatic heterocycles. The minimum Gasteiger partial charge on any atom is -0.462 e. The lowest BCUT2D eigenvalue weighted by Gasteiger charge is -2.12. The van der Waals surface area contributed by atoms with Crippen LogP contribution < -0.4 is 0 Å². The monoisotopic (exact) mass is 386 g/mol. The molecule has 0 unspecified atom stereocenters. The van der Waals surface area contributed by atoms with Gasteiger partial charge in [0.15, 0.2) is 0 Å². The summed E-state index contributed by atoms with van der Waals surface area (Å²) in [6.45, 7) is 3.99. The van der Waals surface area contributed by atoms with Gasteiger partial charge in [0, 0.05) is 36.3 Å². The zero-order valence-electron chi connectivity index (χ0n) is 15.7. The standard InChI is InChI=1S/C20H22N2O4S/c1-5-26-20(23)15-9-10-18-17(12-15)19(13(2)21-18)14-7-6-8-16(11-14)27(24,25)22(3)4/h6-12,21H,5H2,1-4H3. The Morgan fingerprint density at radius 2 is 1.89 bits per heavy atom. The van der Waals surface area contributed by atoms with Crippen molar-refractivity contribution in [3.8, 4) is 11.1 Å². The zero-order chi connectivity index (χ0) is 19.8. The first-order chi connectivity index (χ1) is 12.8. The minimum absolute atomic E-state index is 0.222. The van der Waals surface area contributed by atoms with Gasteiger partial charge in [-0.05, 0) is 49.7 Å². The van der Waals surface area contributed by atoms with Crippen molar-refractivity contribution in [1.29, 1.82) is 0 Å². The number of carbonyl (C=O) groups excluding carboxylic acids is 1. The number of sulfonamides is 1. The van der Waals surface area contributed by atoms with Gasteiger partial charge < -0.3 is 9.72 Å². The Bertz CT molecular complexity index is 1110. The topological polar surface area (TPSA) is 79.5 Å². The highest BCUT2D eigenvalue weighted by Crippen LogP contribution is 2.34. The fraction of sp³-hybridized carbons (Fsp3) is 0.250. The van der Waals surface area contributed by atoms with E-state index >= 15 is 0 Å². The molecule has 1 heterocycles. The molecule has 142 valence electrons. The molecule has 1 N–H and O–H groups in total. The number of hydrogen-bond donors (Lipinski definition) is 1. The summed E-state index contributed by atoms with van der Waals surface area (Å²) < 4.78 is 31.2. The van der Waals surface area contributed by atoms with Crippen LogP contribution in [0.1, 0.15) is 23.0 Å². The molecule has 0 saturated carbocycles. The molecule has 0 aliphatic rings. The van der Waals surface area contributed by atoms with Crippen LogP contribution in [-0.4, -0.2) is 44.4 Å². The maximum atomic E-state index is 12.5. The van der Waals surface area contributed by atoms with Gasteiger partial charge in [0.1, 0.15) is 0 Å². The molecule has 7 heteroatoms. The highest BCUT2D eigenvalue weighted by molar-refractivity contribution is 7.89. The lowest BCUT2D eigenvalue weighted by atomic mass is 10.0. The highest BCUT2D eigenvalue weighted by atomic mass is 32.2. The third-order valence-electron chi connectivity index (χ3n) is 4.40. The third-order valence-corrected chi connectivity index (χ3v) is 6.21. The average molecular weight is 386 g/mol. The predicted octanol–water partition coefficient (Wildman–Crippen LogP) is 3.57.